The monoisotopic (exact) mass is 505 g/mol. The summed E-state index contributed by atoms with van der Waals surface area (Å²) >= 11 is 0. The third-order valence-electron chi connectivity index (χ3n) is 4.45. The molecule has 1 heterocycles. The van der Waals surface area contributed by atoms with Gasteiger partial charge in [0.25, 0.3) is 5.69 Å². The Labute approximate surface area is 182 Å². The Morgan fingerprint density at radius 3 is 2.64 bits per heavy atom. The Morgan fingerprint density at radius 2 is 2.04 bits per heavy atom. The lowest BCUT2D eigenvalue weighted by Gasteiger charge is -2.33. The van der Waals surface area contributed by atoms with Crippen LogP contribution in [0, 0.1) is 16.0 Å². The number of nitrogens with zero attached hydrogens (tertiary/aromatic N) is 3. The molecule has 0 saturated carbocycles. The average molecular weight is 505 g/mol. The molecule has 1 saturated heterocycles. The zero-order chi connectivity index (χ0) is 19.6. The quantitative estimate of drug-likeness (QED) is 0.112. The van der Waals surface area contributed by atoms with Crippen molar-refractivity contribution in [3.63, 3.8) is 0 Å². The number of ether oxygens (including phenoxy) is 1. The third kappa shape index (κ3) is 6.80. The number of nitro benzene ring substituents is 1. The highest BCUT2D eigenvalue weighted by atomic mass is 127. The topological polar surface area (TPSA) is 109 Å². The second kappa shape index (κ2) is 12.4. The molecule has 0 atom stereocenters. The first kappa shape index (κ1) is 23.9. The summed E-state index contributed by atoms with van der Waals surface area (Å²) in [6.45, 7) is 5.19. The highest BCUT2D eigenvalue weighted by molar-refractivity contribution is 14.0. The molecule has 1 fully saturated rings. The molecule has 1 aliphatic heterocycles. The van der Waals surface area contributed by atoms with Gasteiger partial charge in [-0.15, -0.1) is 24.0 Å². The number of anilines is 1. The van der Waals surface area contributed by atoms with Crippen molar-refractivity contribution >= 4 is 47.3 Å². The van der Waals surface area contributed by atoms with Crippen molar-refractivity contribution in [3.05, 3.63) is 34.4 Å². The minimum atomic E-state index is -0.402. The minimum Gasteiger partial charge on any atom is -0.469 e. The summed E-state index contributed by atoms with van der Waals surface area (Å²) in [6.07, 6.45) is 1.48. The number of likely N-dealkylation sites (tertiary alicyclic amines) is 1. The number of rotatable bonds is 7. The molecule has 0 radical (unpaired) electrons. The van der Waals surface area contributed by atoms with Crippen molar-refractivity contribution in [2.75, 3.05) is 45.2 Å². The van der Waals surface area contributed by atoms with Crippen LogP contribution in [-0.2, 0) is 9.53 Å². The summed E-state index contributed by atoms with van der Waals surface area (Å²) in [6, 6.07) is 6.56. The van der Waals surface area contributed by atoms with Gasteiger partial charge in [0, 0.05) is 32.2 Å². The van der Waals surface area contributed by atoms with Gasteiger partial charge in [-0.25, -0.2) is 0 Å². The van der Waals surface area contributed by atoms with Crippen molar-refractivity contribution in [2.45, 2.75) is 19.8 Å². The van der Waals surface area contributed by atoms with Gasteiger partial charge in [0.15, 0.2) is 5.96 Å². The Balaban J connectivity index is 0.00000392. The van der Waals surface area contributed by atoms with Gasteiger partial charge in [0.2, 0.25) is 0 Å². The van der Waals surface area contributed by atoms with E-state index in [0.717, 1.165) is 38.4 Å². The Bertz CT molecular complexity index is 678. The van der Waals surface area contributed by atoms with Crippen molar-refractivity contribution in [3.8, 4) is 0 Å². The Kier molecular flexibility index (Phi) is 10.6. The van der Waals surface area contributed by atoms with Crippen LogP contribution in [0.4, 0.5) is 11.4 Å². The fraction of sp³-hybridized carbons (Fsp3) is 0.556. The standard InChI is InChI=1S/C18H27N5O4.HI/c1-3-19-18(22-12-8-14(9-13-22)17(24)27-2)21-11-10-20-15-6-4-5-7-16(15)23(25)26;/h4-7,14,20H,3,8-13H2,1-2H3,(H,19,21);1H. The summed E-state index contributed by atoms with van der Waals surface area (Å²) in [4.78, 5) is 29.0. The zero-order valence-electron chi connectivity index (χ0n) is 16.2. The van der Waals surface area contributed by atoms with Crippen LogP contribution < -0.4 is 10.6 Å². The minimum absolute atomic E-state index is 0. The van der Waals surface area contributed by atoms with E-state index in [9.17, 15) is 14.9 Å². The predicted octanol–water partition coefficient (Wildman–Crippen LogP) is 2.48. The second-order valence-electron chi connectivity index (χ2n) is 6.22. The highest BCUT2D eigenvalue weighted by Gasteiger charge is 2.26. The Hall–Kier alpha value is -2.11. The van der Waals surface area contributed by atoms with Crippen LogP contribution >= 0.6 is 24.0 Å². The van der Waals surface area contributed by atoms with E-state index in [1.54, 1.807) is 18.2 Å². The zero-order valence-corrected chi connectivity index (χ0v) is 18.5. The van der Waals surface area contributed by atoms with Crippen molar-refractivity contribution in [2.24, 2.45) is 10.9 Å². The summed E-state index contributed by atoms with van der Waals surface area (Å²) in [7, 11) is 1.42. The lowest BCUT2D eigenvalue weighted by atomic mass is 9.97. The number of hydrogen-bond acceptors (Lipinski definition) is 6. The lowest BCUT2D eigenvalue weighted by molar-refractivity contribution is -0.384. The number of para-hydroxylation sites is 2. The molecule has 0 amide bonds. The van der Waals surface area contributed by atoms with Crippen molar-refractivity contribution < 1.29 is 14.5 Å². The molecule has 0 unspecified atom stereocenters. The van der Waals surface area contributed by atoms with E-state index in [-0.39, 0.29) is 41.6 Å². The molecule has 9 nitrogen and oxygen atoms in total. The molecular weight excluding hydrogens is 477 g/mol. The van der Waals surface area contributed by atoms with Gasteiger partial charge in [0.05, 0.1) is 24.5 Å². The maximum absolute atomic E-state index is 11.6. The Morgan fingerprint density at radius 1 is 1.36 bits per heavy atom. The number of halogens is 1. The number of carbonyl (C=O) groups excluding carboxylic acids is 1. The van der Waals surface area contributed by atoms with Gasteiger partial charge in [-0.3, -0.25) is 19.9 Å². The maximum atomic E-state index is 11.6. The molecule has 0 spiro atoms. The molecule has 0 aliphatic carbocycles. The first-order valence-corrected chi connectivity index (χ1v) is 9.15. The number of carbonyl (C=O) groups is 1. The second-order valence-corrected chi connectivity index (χ2v) is 6.22. The molecule has 1 aromatic carbocycles. The number of hydrogen-bond donors (Lipinski definition) is 2. The van der Waals surface area contributed by atoms with E-state index in [4.69, 9.17) is 4.74 Å². The first-order valence-electron chi connectivity index (χ1n) is 9.15. The first-order chi connectivity index (χ1) is 13.1. The van der Waals surface area contributed by atoms with E-state index in [2.05, 4.69) is 20.5 Å². The van der Waals surface area contributed by atoms with Crippen LogP contribution in [0.5, 0.6) is 0 Å². The molecule has 1 aromatic rings. The molecule has 0 bridgehead atoms. The number of methoxy groups -OCH3 is 1. The third-order valence-corrected chi connectivity index (χ3v) is 4.45. The largest absolute Gasteiger partial charge is 0.469 e. The normalized spacial score (nSPS) is 14.8. The van der Waals surface area contributed by atoms with Gasteiger partial charge in [-0.2, -0.15) is 0 Å². The predicted molar refractivity (Wildman–Crippen MR) is 119 cm³/mol. The van der Waals surface area contributed by atoms with E-state index in [1.165, 1.54) is 13.2 Å². The van der Waals surface area contributed by atoms with Crippen LogP contribution in [-0.4, -0.2) is 61.6 Å². The van der Waals surface area contributed by atoms with E-state index in [0.29, 0.717) is 18.8 Å². The summed E-state index contributed by atoms with van der Waals surface area (Å²) < 4.78 is 4.82. The number of aliphatic imine (C=N–C) groups is 1. The molecular formula is C18H28IN5O4. The molecule has 156 valence electrons. The van der Waals surface area contributed by atoms with E-state index >= 15 is 0 Å². The fourth-order valence-corrected chi connectivity index (χ4v) is 3.05. The molecule has 2 rings (SSSR count). The van der Waals surface area contributed by atoms with Crippen LogP contribution in [0.2, 0.25) is 0 Å². The lowest BCUT2D eigenvalue weighted by Crippen LogP contribution is -2.46. The van der Waals surface area contributed by atoms with Crippen LogP contribution in [0.3, 0.4) is 0 Å². The molecule has 10 heteroatoms. The maximum Gasteiger partial charge on any atom is 0.308 e. The fourth-order valence-electron chi connectivity index (χ4n) is 3.05. The van der Waals surface area contributed by atoms with E-state index < -0.39 is 4.92 Å². The van der Waals surface area contributed by atoms with Crippen molar-refractivity contribution in [1.82, 2.24) is 10.2 Å². The average Bonchev–Trinajstić information content (AvgIpc) is 2.70. The number of piperidine rings is 1. The van der Waals surface area contributed by atoms with Crippen molar-refractivity contribution in [1.29, 1.82) is 0 Å². The molecule has 0 aromatic heterocycles. The molecule has 2 N–H and O–H groups in total. The van der Waals surface area contributed by atoms with Crippen LogP contribution in [0.1, 0.15) is 19.8 Å². The smallest absolute Gasteiger partial charge is 0.308 e. The van der Waals surface area contributed by atoms with E-state index in [1.807, 2.05) is 6.92 Å². The highest BCUT2D eigenvalue weighted by Crippen LogP contribution is 2.22. The number of esters is 1. The number of nitrogens with one attached hydrogen (secondary N) is 2. The summed E-state index contributed by atoms with van der Waals surface area (Å²) in [5.74, 6) is 0.602. The molecule has 1 aliphatic rings. The van der Waals surface area contributed by atoms with Gasteiger partial charge in [-0.05, 0) is 25.8 Å². The van der Waals surface area contributed by atoms with Gasteiger partial charge >= 0.3 is 5.97 Å². The van der Waals surface area contributed by atoms with Gasteiger partial charge in [-0.1, -0.05) is 12.1 Å². The van der Waals surface area contributed by atoms with Crippen LogP contribution in [0.15, 0.2) is 29.3 Å². The number of nitro groups is 1. The van der Waals surface area contributed by atoms with Gasteiger partial charge in [0.1, 0.15) is 5.69 Å². The number of guanidine groups is 1. The summed E-state index contributed by atoms with van der Waals surface area (Å²) in [5.41, 5.74) is 0.542. The molecule has 28 heavy (non-hydrogen) atoms. The van der Waals surface area contributed by atoms with Crippen LogP contribution in [0.25, 0.3) is 0 Å². The summed E-state index contributed by atoms with van der Waals surface area (Å²) in [5, 5.41) is 17.4. The number of benzene rings is 1. The van der Waals surface area contributed by atoms with Gasteiger partial charge < -0.3 is 20.3 Å². The SMILES string of the molecule is CCNC(=NCCNc1ccccc1[N+](=O)[O-])N1CCC(C(=O)OC)CC1.I.